The van der Waals surface area contributed by atoms with Crippen molar-refractivity contribution in [3.63, 3.8) is 0 Å². The molecule has 4 rings (SSSR count). The Labute approximate surface area is 244 Å². The number of alkyl halides is 3. The highest BCUT2D eigenvalue weighted by molar-refractivity contribution is 6.12. The van der Waals surface area contributed by atoms with Crippen LogP contribution < -0.4 is 10.1 Å². The first kappa shape index (κ1) is 31.3. The summed E-state index contributed by atoms with van der Waals surface area (Å²) >= 11 is 0. The van der Waals surface area contributed by atoms with Crippen LogP contribution in [0.15, 0.2) is 28.7 Å². The molecule has 0 saturated carbocycles. The van der Waals surface area contributed by atoms with Gasteiger partial charge in [-0.3, -0.25) is 15.0 Å². The molecule has 0 unspecified atom stereocenters. The first-order chi connectivity index (χ1) is 20.0. The second kappa shape index (κ2) is 11.2. The maximum absolute atomic E-state index is 13.6. The molecule has 0 saturated heterocycles. The fourth-order valence-electron chi connectivity index (χ4n) is 4.90. The number of ether oxygens (including phenoxy) is 2. The fourth-order valence-corrected chi connectivity index (χ4v) is 4.90. The van der Waals surface area contributed by atoms with Gasteiger partial charge in [-0.1, -0.05) is 20.8 Å². The zero-order valence-electron chi connectivity index (χ0n) is 24.4. The number of hydrogen-bond acceptors (Lipinski definition) is 8. The van der Waals surface area contributed by atoms with Crippen molar-refractivity contribution < 1.29 is 46.2 Å². The van der Waals surface area contributed by atoms with Crippen molar-refractivity contribution in [2.75, 3.05) is 20.2 Å². The molecule has 1 aromatic heterocycles. The molecule has 13 heteroatoms. The average Bonchev–Trinajstić information content (AvgIpc) is 3.40. The number of carbonyl (C=O) groups excluding carboxylic acids is 4. The summed E-state index contributed by atoms with van der Waals surface area (Å²) in [6.45, 7) is 8.83. The highest BCUT2D eigenvalue weighted by Gasteiger charge is 2.43. The summed E-state index contributed by atoms with van der Waals surface area (Å²) in [5.74, 6) is -4.79. The molecular weight excluding hydrogens is 571 g/mol. The summed E-state index contributed by atoms with van der Waals surface area (Å²) in [6, 6.07) is 6.10. The van der Waals surface area contributed by atoms with Gasteiger partial charge in [0.1, 0.15) is 28.5 Å². The number of ketones is 1. The molecule has 0 radical (unpaired) electrons. The summed E-state index contributed by atoms with van der Waals surface area (Å²) in [5.41, 5.74) is 1.13. The molecular formula is C30H30F3N3O7. The lowest BCUT2D eigenvalue weighted by Crippen LogP contribution is -2.30. The maximum Gasteiger partial charge on any atom is 0.491 e. The number of esters is 2. The number of benzene rings is 2. The van der Waals surface area contributed by atoms with Gasteiger partial charge in [0.05, 0.1) is 18.7 Å². The van der Waals surface area contributed by atoms with Crippen LogP contribution in [0.4, 0.5) is 13.2 Å². The molecule has 2 aromatic carbocycles. The van der Waals surface area contributed by atoms with E-state index in [9.17, 15) is 32.3 Å². The molecule has 0 spiro atoms. The molecule has 0 fully saturated rings. The third kappa shape index (κ3) is 5.97. The van der Waals surface area contributed by atoms with Crippen LogP contribution in [0.1, 0.15) is 81.2 Å². The number of rotatable bonds is 7. The van der Waals surface area contributed by atoms with Crippen LogP contribution in [0, 0.1) is 12.3 Å². The van der Waals surface area contributed by atoms with Crippen molar-refractivity contribution in [2.24, 2.45) is 0 Å². The third-order valence-corrected chi connectivity index (χ3v) is 6.96. The number of Topliss-reactive ketones (excluding diaryl/α,β-unsaturated/α-hetero) is 1. The molecule has 0 bridgehead atoms. The van der Waals surface area contributed by atoms with Gasteiger partial charge < -0.3 is 24.1 Å². The first-order valence-electron chi connectivity index (χ1n) is 13.3. The van der Waals surface area contributed by atoms with Gasteiger partial charge in [0.2, 0.25) is 0 Å². The molecule has 2 N–H and O–H groups in total. The number of aryl methyl sites for hydroxylation is 1. The number of nitrogens with one attached hydrogen (secondary N) is 2. The van der Waals surface area contributed by atoms with Crippen LogP contribution >= 0.6 is 0 Å². The largest absolute Gasteiger partial charge is 0.493 e. The van der Waals surface area contributed by atoms with Gasteiger partial charge in [-0.2, -0.15) is 13.2 Å². The van der Waals surface area contributed by atoms with Crippen LogP contribution in [0.5, 0.6) is 5.75 Å². The number of amidine groups is 1. The van der Waals surface area contributed by atoms with Gasteiger partial charge >= 0.3 is 18.1 Å². The van der Waals surface area contributed by atoms with E-state index in [4.69, 9.17) is 14.6 Å². The quantitative estimate of drug-likeness (QED) is 0.218. The van der Waals surface area contributed by atoms with Gasteiger partial charge in [0, 0.05) is 35.7 Å². The Bertz CT molecular complexity index is 1680. The molecule has 43 heavy (non-hydrogen) atoms. The topological polar surface area (TPSA) is 139 Å². The lowest BCUT2D eigenvalue weighted by atomic mass is 9.84. The van der Waals surface area contributed by atoms with Gasteiger partial charge in [-0.25, -0.2) is 9.59 Å². The Morgan fingerprint density at radius 1 is 1.09 bits per heavy atom. The van der Waals surface area contributed by atoms with E-state index in [1.54, 1.807) is 25.1 Å². The van der Waals surface area contributed by atoms with E-state index in [2.05, 4.69) is 10.1 Å². The number of fused-ring (bicyclic) bond motifs is 2. The van der Waals surface area contributed by atoms with E-state index in [0.29, 0.717) is 29.0 Å². The zero-order valence-corrected chi connectivity index (χ0v) is 24.4. The van der Waals surface area contributed by atoms with E-state index in [1.807, 2.05) is 20.8 Å². The lowest BCUT2D eigenvalue weighted by Gasteiger charge is -2.21. The second-order valence-electron chi connectivity index (χ2n) is 11.0. The van der Waals surface area contributed by atoms with Gasteiger partial charge in [0.15, 0.2) is 5.78 Å². The first-order valence-corrected chi connectivity index (χ1v) is 13.3. The number of hydrogen-bond donors (Lipinski definition) is 2. The van der Waals surface area contributed by atoms with E-state index >= 15 is 0 Å². The van der Waals surface area contributed by atoms with Gasteiger partial charge in [-0.05, 0) is 49.1 Å². The van der Waals surface area contributed by atoms with Gasteiger partial charge in [-0.15, -0.1) is 0 Å². The minimum atomic E-state index is -5.39. The Kier molecular flexibility index (Phi) is 8.14. The van der Waals surface area contributed by atoms with Gasteiger partial charge in [0.25, 0.3) is 5.91 Å². The molecule has 10 nitrogen and oxygen atoms in total. The molecule has 2 heterocycles. The summed E-state index contributed by atoms with van der Waals surface area (Å²) in [4.78, 5) is 51.6. The number of amides is 1. The van der Waals surface area contributed by atoms with Crippen molar-refractivity contribution in [1.29, 1.82) is 5.41 Å². The lowest BCUT2D eigenvalue weighted by molar-refractivity contribution is -0.193. The molecule has 3 aromatic rings. The van der Waals surface area contributed by atoms with Crippen LogP contribution in [-0.2, 0) is 21.5 Å². The number of nitrogens with zero attached hydrogens (tertiary/aromatic N) is 1. The van der Waals surface area contributed by atoms with Crippen molar-refractivity contribution in [3.05, 3.63) is 63.4 Å². The number of halogens is 3. The standard InChI is InChI=1S/C30H30F3N3O7/c1-7-41-22-10-16-12-36(25(34)17(16)11-18(22)26(38)35-6)13-21(37)15-8-19-23(27(39)43-28(40)30(31,32)33)14(2)42-24(19)20(9-15)29(3,4)5/h8-11,34H,7,12-13H2,1-6H3,(H,35,38). The average molecular weight is 602 g/mol. The Hall–Kier alpha value is -4.68. The van der Waals surface area contributed by atoms with E-state index in [-0.39, 0.29) is 46.8 Å². The highest BCUT2D eigenvalue weighted by atomic mass is 19.4. The minimum absolute atomic E-state index is 0.0164. The monoisotopic (exact) mass is 601 g/mol. The molecule has 0 atom stereocenters. The summed E-state index contributed by atoms with van der Waals surface area (Å²) < 4.78 is 53.8. The highest BCUT2D eigenvalue weighted by Crippen LogP contribution is 2.37. The number of furan rings is 1. The fraction of sp³-hybridized carbons (Fsp3) is 0.367. The molecule has 1 aliphatic rings. The van der Waals surface area contributed by atoms with E-state index in [0.717, 1.165) is 0 Å². The second-order valence-corrected chi connectivity index (χ2v) is 11.0. The number of carbonyl (C=O) groups is 4. The van der Waals surface area contributed by atoms with Crippen LogP contribution in [-0.4, -0.2) is 60.7 Å². The Morgan fingerprint density at radius 3 is 2.35 bits per heavy atom. The Balaban J connectivity index is 1.71. The summed E-state index contributed by atoms with van der Waals surface area (Å²) in [7, 11) is 1.48. The molecule has 1 amide bonds. The predicted octanol–water partition coefficient (Wildman–Crippen LogP) is 5.07. The van der Waals surface area contributed by atoms with Crippen LogP contribution in [0.2, 0.25) is 0 Å². The van der Waals surface area contributed by atoms with E-state index < -0.39 is 40.8 Å². The van der Waals surface area contributed by atoms with Crippen LogP contribution in [0.25, 0.3) is 11.0 Å². The molecule has 1 aliphatic heterocycles. The van der Waals surface area contributed by atoms with E-state index in [1.165, 1.54) is 24.9 Å². The van der Waals surface area contributed by atoms with Crippen LogP contribution in [0.3, 0.4) is 0 Å². The van der Waals surface area contributed by atoms with Crippen molar-refractivity contribution in [3.8, 4) is 5.75 Å². The van der Waals surface area contributed by atoms with Crippen molar-refractivity contribution in [1.82, 2.24) is 10.2 Å². The predicted molar refractivity (Wildman–Crippen MR) is 149 cm³/mol. The maximum atomic E-state index is 13.6. The zero-order chi connectivity index (χ0) is 32.0. The minimum Gasteiger partial charge on any atom is -0.493 e. The van der Waals surface area contributed by atoms with Crippen molar-refractivity contribution >= 4 is 40.4 Å². The van der Waals surface area contributed by atoms with Crippen molar-refractivity contribution in [2.45, 2.75) is 52.8 Å². The molecule has 0 aliphatic carbocycles. The Morgan fingerprint density at radius 2 is 1.77 bits per heavy atom. The molecule has 228 valence electrons. The smallest absolute Gasteiger partial charge is 0.491 e. The summed E-state index contributed by atoms with van der Waals surface area (Å²) in [5, 5.41) is 11.3. The summed E-state index contributed by atoms with van der Waals surface area (Å²) in [6.07, 6.45) is -5.39. The SMILES string of the molecule is CCOc1cc2c(cc1C(=O)NC)C(=N)N(CC(=O)c1cc(C(C)(C)C)c3oc(C)c(C(=O)OC(=O)C(F)(F)F)c3c1)C2. The third-order valence-electron chi connectivity index (χ3n) is 6.96. The normalized spacial score (nSPS) is 13.2.